The molecule has 4 N–H and O–H groups in total. The maximum atomic E-state index is 11.5. The van der Waals surface area contributed by atoms with Gasteiger partial charge in [0, 0.05) is 18.3 Å². The van der Waals surface area contributed by atoms with Gasteiger partial charge in [-0.3, -0.25) is 0 Å². The zero-order valence-corrected chi connectivity index (χ0v) is 12.2. The van der Waals surface area contributed by atoms with Crippen molar-refractivity contribution in [3.8, 4) is 0 Å². The van der Waals surface area contributed by atoms with Gasteiger partial charge in [-0.15, -0.1) is 0 Å². The summed E-state index contributed by atoms with van der Waals surface area (Å²) in [4.78, 5) is 0.168. The minimum Gasteiger partial charge on any atom is -0.381 e. The number of benzene rings is 1. The molecule has 1 unspecified atom stereocenters. The second-order valence-corrected chi connectivity index (χ2v) is 6.71. The number of rotatable bonds is 3. The van der Waals surface area contributed by atoms with Crippen molar-refractivity contribution in [1.82, 2.24) is 5.32 Å². The number of hydrogen-bond acceptors (Lipinski definition) is 4. The maximum Gasteiger partial charge on any atom is 0.238 e. The third-order valence-corrected chi connectivity index (χ3v) is 4.52. The van der Waals surface area contributed by atoms with Gasteiger partial charge in [-0.2, -0.15) is 0 Å². The molecule has 0 bridgehead atoms. The van der Waals surface area contributed by atoms with E-state index < -0.39 is 10.0 Å². The number of sulfonamides is 1. The molecule has 1 aliphatic rings. The second-order valence-electron chi connectivity index (χ2n) is 5.15. The summed E-state index contributed by atoms with van der Waals surface area (Å²) in [6, 6.07) is 3.59. The third kappa shape index (κ3) is 3.46. The summed E-state index contributed by atoms with van der Waals surface area (Å²) in [5.74, 6) is 0. The summed E-state index contributed by atoms with van der Waals surface area (Å²) >= 11 is 0. The van der Waals surface area contributed by atoms with Crippen LogP contribution in [0.2, 0.25) is 0 Å². The lowest BCUT2D eigenvalue weighted by Crippen LogP contribution is -2.38. The monoisotopic (exact) mass is 283 g/mol. The van der Waals surface area contributed by atoms with Gasteiger partial charge in [0.25, 0.3) is 0 Å². The number of nitrogens with two attached hydrogens (primary N) is 1. The molecule has 1 aromatic rings. The molecule has 0 aliphatic carbocycles. The molecule has 2 rings (SSSR count). The molecule has 5 nitrogen and oxygen atoms in total. The standard InChI is InChI=1S/C13H21N3O2S/c1-9-6-12(19(14,17)18)7-13(10(9)2)16-11-4-3-5-15-8-11/h6-7,11,15-16H,3-5,8H2,1-2H3,(H2,14,17,18). The van der Waals surface area contributed by atoms with Crippen molar-refractivity contribution in [2.24, 2.45) is 5.14 Å². The van der Waals surface area contributed by atoms with Gasteiger partial charge in [-0.1, -0.05) is 0 Å². The van der Waals surface area contributed by atoms with Gasteiger partial charge in [0.15, 0.2) is 0 Å². The number of anilines is 1. The lowest BCUT2D eigenvalue weighted by atomic mass is 10.0. The van der Waals surface area contributed by atoms with Crippen molar-refractivity contribution in [3.05, 3.63) is 23.3 Å². The van der Waals surface area contributed by atoms with E-state index in [0.717, 1.165) is 42.7 Å². The Labute approximate surface area is 114 Å². The first-order valence-electron chi connectivity index (χ1n) is 6.49. The summed E-state index contributed by atoms with van der Waals surface area (Å²) in [7, 11) is -3.66. The minimum absolute atomic E-state index is 0.168. The summed E-state index contributed by atoms with van der Waals surface area (Å²) < 4.78 is 23.0. The van der Waals surface area contributed by atoms with Crippen LogP contribution in [0.25, 0.3) is 0 Å². The normalized spacial score (nSPS) is 20.3. The quantitative estimate of drug-likeness (QED) is 0.776. The molecule has 106 valence electrons. The topological polar surface area (TPSA) is 84.2 Å². The van der Waals surface area contributed by atoms with Gasteiger partial charge in [0.05, 0.1) is 4.90 Å². The highest BCUT2D eigenvalue weighted by atomic mass is 32.2. The molecule has 1 fully saturated rings. The average Bonchev–Trinajstić information content (AvgIpc) is 2.34. The second kappa shape index (κ2) is 5.48. The molecule has 1 heterocycles. The summed E-state index contributed by atoms with van der Waals surface area (Å²) in [5.41, 5.74) is 2.86. The Kier molecular flexibility index (Phi) is 4.13. The van der Waals surface area contributed by atoms with E-state index in [9.17, 15) is 8.42 Å². The Bertz CT molecular complexity index is 563. The van der Waals surface area contributed by atoms with E-state index in [-0.39, 0.29) is 4.90 Å². The van der Waals surface area contributed by atoms with Gasteiger partial charge in [0.1, 0.15) is 0 Å². The van der Waals surface area contributed by atoms with Crippen molar-refractivity contribution in [3.63, 3.8) is 0 Å². The van der Waals surface area contributed by atoms with Crippen LogP contribution < -0.4 is 15.8 Å². The number of piperidine rings is 1. The first-order valence-corrected chi connectivity index (χ1v) is 8.04. The number of nitrogens with one attached hydrogen (secondary N) is 2. The van der Waals surface area contributed by atoms with E-state index in [2.05, 4.69) is 10.6 Å². The van der Waals surface area contributed by atoms with Crippen LogP contribution in [0.4, 0.5) is 5.69 Å². The number of hydrogen-bond donors (Lipinski definition) is 3. The van der Waals surface area contributed by atoms with Crippen molar-refractivity contribution in [1.29, 1.82) is 0 Å². The summed E-state index contributed by atoms with van der Waals surface area (Å²) in [5, 5.41) is 12.0. The van der Waals surface area contributed by atoms with Crippen LogP contribution in [0.1, 0.15) is 24.0 Å². The fourth-order valence-electron chi connectivity index (χ4n) is 2.34. The molecule has 0 spiro atoms. The van der Waals surface area contributed by atoms with Crippen LogP contribution in [0, 0.1) is 13.8 Å². The molecule has 19 heavy (non-hydrogen) atoms. The predicted octanol–water partition coefficient (Wildman–Crippen LogP) is 1.11. The van der Waals surface area contributed by atoms with Crippen molar-refractivity contribution in [2.45, 2.75) is 37.6 Å². The highest BCUT2D eigenvalue weighted by Gasteiger charge is 2.16. The van der Waals surface area contributed by atoms with Gasteiger partial charge in [0.2, 0.25) is 10.0 Å². The molecule has 0 aromatic heterocycles. The Morgan fingerprint density at radius 1 is 1.37 bits per heavy atom. The van der Waals surface area contributed by atoms with E-state index in [0.29, 0.717) is 6.04 Å². The molecule has 0 saturated carbocycles. The van der Waals surface area contributed by atoms with Gasteiger partial charge in [-0.25, -0.2) is 13.6 Å². The number of aryl methyl sites for hydroxylation is 1. The molecule has 1 saturated heterocycles. The lowest BCUT2D eigenvalue weighted by molar-refractivity contribution is 0.479. The van der Waals surface area contributed by atoms with Crippen LogP contribution >= 0.6 is 0 Å². The van der Waals surface area contributed by atoms with E-state index in [1.54, 1.807) is 12.1 Å². The highest BCUT2D eigenvalue weighted by molar-refractivity contribution is 7.89. The van der Waals surface area contributed by atoms with Crippen LogP contribution in [0.5, 0.6) is 0 Å². The SMILES string of the molecule is Cc1cc(S(N)(=O)=O)cc(NC2CCCNC2)c1C. The smallest absolute Gasteiger partial charge is 0.238 e. The Hall–Kier alpha value is -1.11. The molecule has 6 heteroatoms. The van der Waals surface area contributed by atoms with Gasteiger partial charge in [-0.05, 0) is 56.5 Å². The zero-order valence-electron chi connectivity index (χ0n) is 11.4. The van der Waals surface area contributed by atoms with Crippen LogP contribution in [-0.2, 0) is 10.0 Å². The Morgan fingerprint density at radius 3 is 2.68 bits per heavy atom. The lowest BCUT2D eigenvalue weighted by Gasteiger charge is -2.26. The van der Waals surface area contributed by atoms with Crippen LogP contribution in [0.15, 0.2) is 17.0 Å². The summed E-state index contributed by atoms with van der Waals surface area (Å²) in [6.45, 7) is 5.83. The molecular formula is C13H21N3O2S. The molecule has 1 aromatic carbocycles. The molecule has 0 radical (unpaired) electrons. The largest absolute Gasteiger partial charge is 0.381 e. The summed E-state index contributed by atoms with van der Waals surface area (Å²) in [6.07, 6.45) is 2.22. The average molecular weight is 283 g/mol. The Balaban J connectivity index is 2.30. The first-order chi connectivity index (χ1) is 8.88. The molecule has 1 aliphatic heterocycles. The third-order valence-electron chi connectivity index (χ3n) is 3.63. The molecular weight excluding hydrogens is 262 g/mol. The van der Waals surface area contributed by atoms with Crippen LogP contribution in [-0.4, -0.2) is 27.5 Å². The van der Waals surface area contributed by atoms with E-state index in [1.807, 2.05) is 13.8 Å². The van der Waals surface area contributed by atoms with Gasteiger partial charge < -0.3 is 10.6 Å². The van der Waals surface area contributed by atoms with E-state index in [4.69, 9.17) is 5.14 Å². The van der Waals surface area contributed by atoms with Gasteiger partial charge >= 0.3 is 0 Å². The van der Waals surface area contributed by atoms with Crippen molar-refractivity contribution >= 4 is 15.7 Å². The number of primary sulfonamides is 1. The van der Waals surface area contributed by atoms with E-state index >= 15 is 0 Å². The fourth-order valence-corrected chi connectivity index (χ4v) is 2.96. The fraction of sp³-hybridized carbons (Fsp3) is 0.538. The predicted molar refractivity (Wildman–Crippen MR) is 76.8 cm³/mol. The highest BCUT2D eigenvalue weighted by Crippen LogP contribution is 2.25. The van der Waals surface area contributed by atoms with Crippen LogP contribution in [0.3, 0.4) is 0 Å². The van der Waals surface area contributed by atoms with Crippen molar-refractivity contribution in [2.75, 3.05) is 18.4 Å². The maximum absolute atomic E-state index is 11.5. The van der Waals surface area contributed by atoms with E-state index in [1.165, 1.54) is 0 Å². The first kappa shape index (κ1) is 14.3. The minimum atomic E-state index is -3.66. The zero-order chi connectivity index (χ0) is 14.0. The van der Waals surface area contributed by atoms with Crippen molar-refractivity contribution < 1.29 is 8.42 Å². The Morgan fingerprint density at radius 2 is 2.11 bits per heavy atom. The molecule has 0 amide bonds. The molecule has 1 atom stereocenters.